The summed E-state index contributed by atoms with van der Waals surface area (Å²) in [5, 5.41) is 45.0. The summed E-state index contributed by atoms with van der Waals surface area (Å²) in [4.78, 5) is 52.5. The normalized spacial score (nSPS) is 23.2. The lowest BCUT2D eigenvalue weighted by atomic mass is 9.59. The number of Topliss-reactive ketones (excluding diaryl/α,β-unsaturated/α-hetero) is 2. The molecule has 2 aromatic carbocycles. The second-order valence-corrected chi connectivity index (χ2v) is 11.3. The van der Waals surface area contributed by atoms with Crippen molar-refractivity contribution in [1.29, 1.82) is 0 Å². The van der Waals surface area contributed by atoms with Crippen LogP contribution in [0.4, 0.5) is 5.69 Å². The molecule has 0 heterocycles. The van der Waals surface area contributed by atoms with Gasteiger partial charge in [0.2, 0.25) is 5.78 Å². The van der Waals surface area contributed by atoms with Gasteiger partial charge in [-0.3, -0.25) is 19.2 Å². The van der Waals surface area contributed by atoms with E-state index in [9.17, 15) is 39.6 Å². The molecule has 3 aliphatic carbocycles. The van der Waals surface area contributed by atoms with E-state index < -0.39 is 58.0 Å². The van der Waals surface area contributed by atoms with Gasteiger partial charge in [-0.05, 0) is 61.4 Å². The van der Waals surface area contributed by atoms with E-state index in [2.05, 4.69) is 0 Å². The molecule has 42 heavy (non-hydrogen) atoms. The molecule has 0 unspecified atom stereocenters. The summed E-state index contributed by atoms with van der Waals surface area (Å²) < 4.78 is 5.38. The predicted octanol–water partition coefficient (Wildman–Crippen LogP) is 2.34. The van der Waals surface area contributed by atoms with E-state index in [0.29, 0.717) is 22.6 Å². The number of phenols is 1. The first-order valence-electron chi connectivity index (χ1n) is 13.5. The lowest BCUT2D eigenvalue weighted by Crippen LogP contribution is -2.58. The van der Waals surface area contributed by atoms with Gasteiger partial charge in [-0.2, -0.15) is 0 Å². The summed E-state index contributed by atoms with van der Waals surface area (Å²) in [5.41, 5.74) is 4.06. The van der Waals surface area contributed by atoms with Gasteiger partial charge in [-0.1, -0.05) is 17.7 Å². The molecule has 0 bridgehead atoms. The van der Waals surface area contributed by atoms with Crippen LogP contribution in [0.2, 0.25) is 0 Å². The molecule has 5 rings (SSSR count). The summed E-state index contributed by atoms with van der Waals surface area (Å²) in [5.74, 6) is -6.96. The molecule has 6 N–H and O–H groups in total. The van der Waals surface area contributed by atoms with E-state index in [0.717, 1.165) is 5.56 Å². The Morgan fingerprint density at radius 3 is 2.38 bits per heavy atom. The van der Waals surface area contributed by atoms with Gasteiger partial charge in [-0.15, -0.1) is 0 Å². The average molecular weight is 577 g/mol. The highest BCUT2D eigenvalue weighted by Gasteiger charge is 2.60. The smallest absolute Gasteiger partial charge is 0.311 e. The molecule has 1 saturated carbocycles. The Labute approximate surface area is 241 Å². The standard InChI is InChI=1S/C31H32N2O9/c1-14-4-7-18(8-5-14)42-22(35)9-6-15-12-20(33(2)3)19-11-16-10-17-13-21(34)25(30(32)40)29(39)31(17,41)28(38)23(16)27(37)24(19)26(15)36/h4-5,7-8,12,16-17,36-37,39,41H,6,9-11,13H2,1-3H3,(H2,32,40)/t16-,17+,31+/m1/s1. The molecule has 3 atom stereocenters. The number of aromatic hydroxyl groups is 1. The summed E-state index contributed by atoms with van der Waals surface area (Å²) in [6.45, 7) is 1.91. The fraction of sp³-hybridized carbons (Fsp3) is 0.355. The Kier molecular flexibility index (Phi) is 7.10. The van der Waals surface area contributed by atoms with Crippen molar-refractivity contribution < 1.29 is 44.3 Å². The zero-order chi connectivity index (χ0) is 30.7. The fourth-order valence-electron chi connectivity index (χ4n) is 6.34. The van der Waals surface area contributed by atoms with Crippen molar-refractivity contribution in [2.45, 2.75) is 44.6 Å². The second-order valence-electron chi connectivity index (χ2n) is 11.3. The Balaban J connectivity index is 1.54. The van der Waals surface area contributed by atoms with Gasteiger partial charge in [0.15, 0.2) is 11.4 Å². The number of ketones is 2. The third-order valence-electron chi connectivity index (χ3n) is 8.45. The van der Waals surface area contributed by atoms with Gasteiger partial charge in [0.25, 0.3) is 5.91 Å². The van der Waals surface area contributed by atoms with E-state index in [-0.39, 0.29) is 49.0 Å². The number of benzene rings is 2. The highest BCUT2D eigenvalue weighted by Crippen LogP contribution is 2.53. The average Bonchev–Trinajstić information content (AvgIpc) is 2.91. The van der Waals surface area contributed by atoms with Crippen LogP contribution in [0, 0.1) is 18.8 Å². The van der Waals surface area contributed by atoms with Gasteiger partial charge in [0.05, 0.1) is 12.0 Å². The predicted molar refractivity (Wildman–Crippen MR) is 151 cm³/mol. The fourth-order valence-corrected chi connectivity index (χ4v) is 6.34. The SMILES string of the molecule is Cc1ccc(OC(=O)CCc2cc(N(C)C)c3c(c2O)C(O)=C2C(=O)[C@]4(O)C(O)=C(C(N)=O)C(=O)C[C@@H]4C[C@@H]2C3)cc1. The van der Waals surface area contributed by atoms with Gasteiger partial charge >= 0.3 is 5.97 Å². The van der Waals surface area contributed by atoms with Crippen molar-refractivity contribution in [3.8, 4) is 11.5 Å². The van der Waals surface area contributed by atoms with Crippen molar-refractivity contribution >= 4 is 34.9 Å². The largest absolute Gasteiger partial charge is 0.508 e. The van der Waals surface area contributed by atoms with Gasteiger partial charge in [0, 0.05) is 37.7 Å². The zero-order valence-corrected chi connectivity index (χ0v) is 23.4. The number of nitrogens with zero attached hydrogens (tertiary/aromatic N) is 1. The number of hydrogen-bond acceptors (Lipinski definition) is 10. The minimum Gasteiger partial charge on any atom is -0.508 e. The van der Waals surface area contributed by atoms with Crippen LogP contribution in [0.1, 0.15) is 41.5 Å². The third kappa shape index (κ3) is 4.50. The molecule has 0 aromatic heterocycles. The van der Waals surface area contributed by atoms with Crippen molar-refractivity contribution in [3.63, 3.8) is 0 Å². The van der Waals surface area contributed by atoms with Crippen molar-refractivity contribution in [3.05, 3.63) is 69.5 Å². The van der Waals surface area contributed by atoms with E-state index in [1.807, 2.05) is 19.1 Å². The van der Waals surface area contributed by atoms with Crippen molar-refractivity contribution in [2.75, 3.05) is 19.0 Å². The van der Waals surface area contributed by atoms with Crippen LogP contribution < -0.4 is 15.4 Å². The quantitative estimate of drug-likeness (QED) is 0.194. The minimum atomic E-state index is -2.63. The first-order valence-corrected chi connectivity index (χ1v) is 13.5. The number of aliphatic hydroxyl groups excluding tert-OH is 2. The number of carbonyl (C=O) groups excluding carboxylic acids is 4. The maximum atomic E-state index is 13.8. The molecule has 1 amide bonds. The number of phenolic OH excluding ortho intramolecular Hbond substituents is 1. The number of primary amides is 1. The number of rotatable bonds is 6. The first-order chi connectivity index (χ1) is 19.7. The molecular weight excluding hydrogens is 544 g/mol. The number of ether oxygens (including phenoxy) is 1. The Hall–Kier alpha value is -4.64. The van der Waals surface area contributed by atoms with Crippen LogP contribution in [0.3, 0.4) is 0 Å². The molecule has 0 spiro atoms. The molecule has 0 radical (unpaired) electrons. The Morgan fingerprint density at radius 1 is 1.10 bits per heavy atom. The lowest BCUT2D eigenvalue weighted by Gasteiger charge is -2.46. The Morgan fingerprint density at radius 2 is 1.76 bits per heavy atom. The van der Waals surface area contributed by atoms with E-state index in [4.69, 9.17) is 10.5 Å². The summed E-state index contributed by atoms with van der Waals surface area (Å²) in [6.07, 6.45) is -0.181. The number of esters is 1. The van der Waals surface area contributed by atoms with Crippen LogP contribution in [0.5, 0.6) is 11.5 Å². The maximum absolute atomic E-state index is 13.8. The third-order valence-corrected chi connectivity index (χ3v) is 8.45. The maximum Gasteiger partial charge on any atom is 0.311 e. The lowest BCUT2D eigenvalue weighted by molar-refractivity contribution is -0.147. The molecule has 2 aromatic rings. The summed E-state index contributed by atoms with van der Waals surface area (Å²) >= 11 is 0. The molecule has 1 fully saturated rings. The van der Waals surface area contributed by atoms with Gasteiger partial charge in [0.1, 0.15) is 28.6 Å². The molecule has 0 saturated heterocycles. The van der Waals surface area contributed by atoms with Crippen LogP contribution in [0.25, 0.3) is 5.76 Å². The topological polar surface area (TPSA) is 188 Å². The number of hydrogen-bond donors (Lipinski definition) is 5. The van der Waals surface area contributed by atoms with Gasteiger partial charge in [-0.25, -0.2) is 0 Å². The van der Waals surface area contributed by atoms with E-state index in [1.54, 1.807) is 37.2 Å². The van der Waals surface area contributed by atoms with Crippen LogP contribution >= 0.6 is 0 Å². The van der Waals surface area contributed by atoms with Crippen LogP contribution in [-0.2, 0) is 32.0 Å². The monoisotopic (exact) mass is 576 g/mol. The summed E-state index contributed by atoms with van der Waals surface area (Å²) in [7, 11) is 3.55. The highest BCUT2D eigenvalue weighted by molar-refractivity contribution is 6.22. The van der Waals surface area contributed by atoms with Crippen LogP contribution in [0.15, 0.2) is 47.2 Å². The van der Waals surface area contributed by atoms with Crippen molar-refractivity contribution in [2.24, 2.45) is 17.6 Å². The number of aryl methyl sites for hydroxylation is 2. The van der Waals surface area contributed by atoms with E-state index >= 15 is 0 Å². The molecule has 11 heteroatoms. The molecule has 3 aliphatic rings. The van der Waals surface area contributed by atoms with Gasteiger partial charge < -0.3 is 35.8 Å². The second kappa shape index (κ2) is 10.3. The number of carbonyl (C=O) groups is 4. The number of aliphatic hydroxyl groups is 3. The zero-order valence-electron chi connectivity index (χ0n) is 23.4. The molecule has 0 aliphatic heterocycles. The van der Waals surface area contributed by atoms with E-state index in [1.165, 1.54) is 0 Å². The molecular formula is C31H32N2O9. The minimum absolute atomic E-state index is 0.0183. The number of amides is 1. The number of fused-ring (bicyclic) bond motifs is 3. The number of anilines is 1. The molecule has 11 nitrogen and oxygen atoms in total. The first kappa shape index (κ1) is 28.9. The van der Waals surface area contributed by atoms with Crippen molar-refractivity contribution in [1.82, 2.24) is 0 Å². The number of nitrogens with two attached hydrogens (primary N) is 1. The Bertz CT molecular complexity index is 1600. The highest BCUT2D eigenvalue weighted by atomic mass is 16.5. The van der Waals surface area contributed by atoms with Crippen LogP contribution in [-0.4, -0.2) is 63.6 Å². The molecule has 220 valence electrons. The summed E-state index contributed by atoms with van der Waals surface area (Å²) in [6, 6.07) is 8.69.